The average molecular weight is 376 g/mol. The lowest BCUT2D eigenvalue weighted by atomic mass is 9.71. The molecule has 0 bridgehead atoms. The summed E-state index contributed by atoms with van der Waals surface area (Å²) in [6.07, 6.45) is 2.80. The summed E-state index contributed by atoms with van der Waals surface area (Å²) in [6, 6.07) is 20.3. The molecule has 3 fully saturated rings. The Morgan fingerprint density at radius 2 is 1.64 bits per heavy atom. The zero-order chi connectivity index (χ0) is 19.0. The number of nitrogens with zero attached hydrogens (tertiary/aromatic N) is 2. The topological polar surface area (TPSA) is 35.6 Å². The quantitative estimate of drug-likeness (QED) is 0.842. The van der Waals surface area contributed by atoms with Gasteiger partial charge in [-0.05, 0) is 48.9 Å². The van der Waals surface area contributed by atoms with Crippen molar-refractivity contribution in [2.24, 2.45) is 17.3 Å². The highest BCUT2D eigenvalue weighted by Gasteiger charge is 2.54. The number of nitrogens with one attached hydrogen (secondary N) is 1. The first kappa shape index (κ1) is 17.7. The molecule has 1 unspecified atom stereocenters. The van der Waals surface area contributed by atoms with Gasteiger partial charge in [0.25, 0.3) is 5.91 Å². The maximum atomic E-state index is 12.5. The number of likely N-dealkylation sites (tertiary alicyclic amines) is 1. The highest BCUT2D eigenvalue weighted by Crippen LogP contribution is 2.46. The van der Waals surface area contributed by atoms with Crippen molar-refractivity contribution in [1.29, 1.82) is 0 Å². The first-order valence-electron chi connectivity index (χ1n) is 10.6. The molecule has 2 heterocycles. The minimum absolute atomic E-state index is 0.0515. The van der Waals surface area contributed by atoms with Crippen molar-refractivity contribution in [3.8, 4) is 0 Å². The third kappa shape index (κ3) is 3.53. The molecule has 1 amide bonds. The summed E-state index contributed by atoms with van der Waals surface area (Å²) < 4.78 is 0. The first-order chi connectivity index (χ1) is 13.7. The fourth-order valence-corrected chi connectivity index (χ4v) is 5.03. The van der Waals surface area contributed by atoms with Crippen LogP contribution in [0.2, 0.25) is 0 Å². The lowest BCUT2D eigenvalue weighted by Gasteiger charge is -2.52. The Bertz CT molecular complexity index is 812. The van der Waals surface area contributed by atoms with Crippen LogP contribution in [-0.2, 0) is 0 Å². The highest BCUT2D eigenvalue weighted by molar-refractivity contribution is 5.94. The minimum atomic E-state index is 0.0515. The van der Waals surface area contributed by atoms with Crippen molar-refractivity contribution in [3.05, 3.63) is 66.2 Å². The molecule has 0 aromatic heterocycles. The Hall–Kier alpha value is -2.33. The highest BCUT2D eigenvalue weighted by atomic mass is 16.1. The summed E-state index contributed by atoms with van der Waals surface area (Å²) in [5, 5.41) is 3.22. The number of carbonyl (C=O) groups excluding carboxylic acids is 1. The van der Waals surface area contributed by atoms with E-state index in [1.165, 1.54) is 31.6 Å². The molecule has 4 heteroatoms. The molecule has 2 saturated heterocycles. The smallest absolute Gasteiger partial charge is 0.251 e. The zero-order valence-corrected chi connectivity index (χ0v) is 16.4. The van der Waals surface area contributed by atoms with E-state index in [0.717, 1.165) is 37.7 Å². The van der Waals surface area contributed by atoms with E-state index in [1.807, 2.05) is 30.3 Å². The third-order valence-corrected chi connectivity index (χ3v) is 6.77. The molecule has 1 N–H and O–H groups in total. The van der Waals surface area contributed by atoms with Gasteiger partial charge in [-0.25, -0.2) is 0 Å². The predicted molar refractivity (Wildman–Crippen MR) is 113 cm³/mol. The zero-order valence-electron chi connectivity index (χ0n) is 16.4. The molecule has 2 aromatic carbocycles. The summed E-state index contributed by atoms with van der Waals surface area (Å²) in [7, 11) is 0. The van der Waals surface area contributed by atoms with Crippen molar-refractivity contribution in [2.45, 2.75) is 12.8 Å². The summed E-state index contributed by atoms with van der Waals surface area (Å²) in [5.41, 5.74) is 2.39. The number of hydrogen-bond donors (Lipinski definition) is 1. The molecule has 5 rings (SSSR count). The van der Waals surface area contributed by atoms with Crippen LogP contribution < -0.4 is 10.2 Å². The Morgan fingerprint density at radius 1 is 0.964 bits per heavy atom. The minimum Gasteiger partial charge on any atom is -0.370 e. The number of para-hydroxylation sites is 1. The molecule has 2 aromatic rings. The van der Waals surface area contributed by atoms with Crippen molar-refractivity contribution in [2.75, 3.05) is 44.2 Å². The predicted octanol–water partition coefficient (Wildman–Crippen LogP) is 3.26. The number of amides is 1. The normalized spacial score (nSPS) is 23.6. The summed E-state index contributed by atoms with van der Waals surface area (Å²) in [5.74, 6) is 1.49. The van der Waals surface area contributed by atoms with Gasteiger partial charge in [0.05, 0.1) is 0 Å². The van der Waals surface area contributed by atoms with E-state index in [2.05, 4.69) is 45.4 Å². The van der Waals surface area contributed by atoms with E-state index in [1.54, 1.807) is 0 Å². The van der Waals surface area contributed by atoms with E-state index in [-0.39, 0.29) is 5.91 Å². The van der Waals surface area contributed by atoms with Crippen LogP contribution in [0.5, 0.6) is 0 Å². The van der Waals surface area contributed by atoms with Crippen LogP contribution in [0.1, 0.15) is 23.2 Å². The molecule has 4 nitrogen and oxygen atoms in total. The molecule has 3 aliphatic rings. The second-order valence-corrected chi connectivity index (χ2v) is 8.96. The fraction of sp³-hybridized carbons (Fsp3) is 0.458. The summed E-state index contributed by atoms with van der Waals surface area (Å²) >= 11 is 0. The molecule has 146 valence electrons. The number of rotatable bonds is 6. The Balaban J connectivity index is 1.25. The van der Waals surface area contributed by atoms with Gasteiger partial charge in [-0.1, -0.05) is 36.4 Å². The molecule has 1 saturated carbocycles. The van der Waals surface area contributed by atoms with Gasteiger partial charge in [-0.2, -0.15) is 0 Å². The molecule has 1 atom stereocenters. The van der Waals surface area contributed by atoms with Crippen molar-refractivity contribution in [1.82, 2.24) is 10.2 Å². The van der Waals surface area contributed by atoms with Crippen LogP contribution in [0.3, 0.4) is 0 Å². The van der Waals surface area contributed by atoms with Crippen LogP contribution in [-0.4, -0.2) is 50.1 Å². The molecule has 1 aliphatic carbocycles. The lowest BCUT2D eigenvalue weighted by Crippen LogP contribution is -2.62. The van der Waals surface area contributed by atoms with Crippen LogP contribution in [0.4, 0.5) is 5.69 Å². The third-order valence-electron chi connectivity index (χ3n) is 6.77. The van der Waals surface area contributed by atoms with E-state index < -0.39 is 0 Å². The Morgan fingerprint density at radius 3 is 2.32 bits per heavy atom. The average Bonchev–Trinajstić information content (AvgIpc) is 3.44. The van der Waals surface area contributed by atoms with Crippen LogP contribution in [0, 0.1) is 17.3 Å². The fourth-order valence-electron chi connectivity index (χ4n) is 5.03. The standard InChI is InChI=1S/C24H29N3O/c28-23(20-7-3-1-4-8-20)25-13-21-15-26(14-19-11-12-19)16-24(21)17-27(18-24)22-9-5-2-6-10-22/h1-10,19,21H,11-18H2,(H,25,28). The maximum Gasteiger partial charge on any atom is 0.251 e. The monoisotopic (exact) mass is 375 g/mol. The van der Waals surface area contributed by atoms with Gasteiger partial charge in [-0.3, -0.25) is 4.79 Å². The first-order valence-corrected chi connectivity index (χ1v) is 10.6. The second kappa shape index (κ2) is 7.25. The molecule has 28 heavy (non-hydrogen) atoms. The number of anilines is 1. The lowest BCUT2D eigenvalue weighted by molar-refractivity contribution is 0.0923. The van der Waals surface area contributed by atoms with Crippen LogP contribution >= 0.6 is 0 Å². The second-order valence-electron chi connectivity index (χ2n) is 8.96. The van der Waals surface area contributed by atoms with Gasteiger partial charge in [0.1, 0.15) is 0 Å². The number of benzene rings is 2. The van der Waals surface area contributed by atoms with Crippen molar-refractivity contribution in [3.63, 3.8) is 0 Å². The molecular weight excluding hydrogens is 346 g/mol. The molecule has 1 spiro atoms. The van der Waals surface area contributed by atoms with Gasteiger partial charge in [-0.15, -0.1) is 0 Å². The van der Waals surface area contributed by atoms with Gasteiger partial charge >= 0.3 is 0 Å². The van der Waals surface area contributed by atoms with Crippen LogP contribution in [0.25, 0.3) is 0 Å². The molecule has 2 aliphatic heterocycles. The van der Waals surface area contributed by atoms with E-state index >= 15 is 0 Å². The van der Waals surface area contributed by atoms with Crippen molar-refractivity contribution < 1.29 is 4.79 Å². The SMILES string of the molecule is O=C(NCC1CN(CC2CC2)CC12CN(c1ccccc1)C2)c1ccccc1. The van der Waals surface area contributed by atoms with E-state index in [9.17, 15) is 4.79 Å². The Kier molecular flexibility index (Phi) is 4.59. The van der Waals surface area contributed by atoms with Gasteiger partial charge < -0.3 is 15.1 Å². The Labute approximate surface area is 167 Å². The van der Waals surface area contributed by atoms with Crippen LogP contribution in [0.15, 0.2) is 60.7 Å². The maximum absolute atomic E-state index is 12.5. The molecule has 0 radical (unpaired) electrons. The van der Waals surface area contributed by atoms with Gasteiger partial charge in [0.2, 0.25) is 0 Å². The van der Waals surface area contributed by atoms with E-state index in [4.69, 9.17) is 0 Å². The number of carbonyl (C=O) groups is 1. The van der Waals surface area contributed by atoms with Gasteiger partial charge in [0, 0.05) is 55.9 Å². The van der Waals surface area contributed by atoms with Gasteiger partial charge in [0.15, 0.2) is 0 Å². The summed E-state index contributed by atoms with van der Waals surface area (Å²) in [4.78, 5) is 17.7. The summed E-state index contributed by atoms with van der Waals surface area (Å²) in [6.45, 7) is 6.52. The largest absolute Gasteiger partial charge is 0.370 e. The van der Waals surface area contributed by atoms with E-state index in [0.29, 0.717) is 11.3 Å². The number of hydrogen-bond acceptors (Lipinski definition) is 3. The van der Waals surface area contributed by atoms with Crippen molar-refractivity contribution >= 4 is 11.6 Å². The molecular formula is C24H29N3O.